The van der Waals surface area contributed by atoms with E-state index in [9.17, 15) is 4.79 Å². The van der Waals surface area contributed by atoms with Gasteiger partial charge in [0.1, 0.15) is 5.76 Å². The number of aromatic nitrogens is 3. The molecule has 0 spiro atoms. The van der Waals surface area contributed by atoms with Gasteiger partial charge in [0, 0.05) is 26.1 Å². The third kappa shape index (κ3) is 3.45. The van der Waals surface area contributed by atoms with E-state index in [1.54, 1.807) is 22.8 Å². The summed E-state index contributed by atoms with van der Waals surface area (Å²) in [6.45, 7) is 7.11. The fourth-order valence-corrected chi connectivity index (χ4v) is 3.63. The van der Waals surface area contributed by atoms with Crippen molar-refractivity contribution in [1.82, 2.24) is 19.8 Å². The standard InChI is InChI=1S/C18H25ClN4O2/c1-18(2,3)11-6-7-15-12(8-11)16(21-25-15)17(24)22(4)10-14-13(19)9-20-23(14)5/h9,11H,6-8,10H2,1-5H3/t11-/m1/s1. The first-order chi connectivity index (χ1) is 11.7. The van der Waals surface area contributed by atoms with Crippen LogP contribution in [0.15, 0.2) is 10.7 Å². The second kappa shape index (κ2) is 6.48. The van der Waals surface area contributed by atoms with Gasteiger partial charge >= 0.3 is 0 Å². The number of carbonyl (C=O) groups is 1. The van der Waals surface area contributed by atoms with E-state index in [1.165, 1.54) is 0 Å². The number of carbonyl (C=O) groups excluding carboxylic acids is 1. The molecule has 0 saturated carbocycles. The molecule has 0 aliphatic heterocycles. The van der Waals surface area contributed by atoms with Crippen molar-refractivity contribution >= 4 is 17.5 Å². The zero-order valence-electron chi connectivity index (χ0n) is 15.5. The van der Waals surface area contributed by atoms with E-state index in [-0.39, 0.29) is 11.3 Å². The maximum atomic E-state index is 12.9. The molecule has 1 aliphatic carbocycles. The van der Waals surface area contributed by atoms with Gasteiger partial charge in [0.25, 0.3) is 5.91 Å². The smallest absolute Gasteiger partial charge is 0.276 e. The summed E-state index contributed by atoms with van der Waals surface area (Å²) in [5, 5.41) is 8.75. The Balaban J connectivity index is 1.81. The summed E-state index contributed by atoms with van der Waals surface area (Å²) in [5.74, 6) is 1.23. The van der Waals surface area contributed by atoms with E-state index in [1.807, 2.05) is 7.05 Å². The van der Waals surface area contributed by atoms with Crippen LogP contribution in [0.1, 0.15) is 54.7 Å². The van der Waals surface area contributed by atoms with Crippen LogP contribution in [0.2, 0.25) is 5.02 Å². The van der Waals surface area contributed by atoms with Crippen molar-refractivity contribution in [2.45, 2.75) is 46.6 Å². The van der Waals surface area contributed by atoms with Crippen molar-refractivity contribution in [2.75, 3.05) is 7.05 Å². The summed E-state index contributed by atoms with van der Waals surface area (Å²) in [6, 6.07) is 0. The van der Waals surface area contributed by atoms with Gasteiger partial charge in [0.05, 0.1) is 23.5 Å². The molecule has 6 nitrogen and oxygen atoms in total. The highest BCUT2D eigenvalue weighted by molar-refractivity contribution is 6.31. The van der Waals surface area contributed by atoms with Crippen LogP contribution in [-0.2, 0) is 26.4 Å². The molecule has 0 unspecified atom stereocenters. The monoisotopic (exact) mass is 364 g/mol. The second-order valence-corrected chi connectivity index (χ2v) is 8.37. The van der Waals surface area contributed by atoms with E-state index in [0.717, 1.165) is 36.3 Å². The highest BCUT2D eigenvalue weighted by Gasteiger charge is 2.34. The molecule has 2 aromatic heterocycles. The summed E-state index contributed by atoms with van der Waals surface area (Å²) < 4.78 is 7.14. The minimum Gasteiger partial charge on any atom is -0.360 e. The van der Waals surface area contributed by atoms with Gasteiger partial charge < -0.3 is 9.42 Å². The first kappa shape index (κ1) is 18.0. The topological polar surface area (TPSA) is 64.2 Å². The predicted octanol–water partition coefficient (Wildman–Crippen LogP) is 3.48. The normalized spacial score (nSPS) is 17.4. The van der Waals surface area contributed by atoms with Crippen molar-refractivity contribution in [3.8, 4) is 0 Å². The van der Waals surface area contributed by atoms with Crippen LogP contribution in [-0.4, -0.2) is 32.8 Å². The number of halogens is 1. The summed E-state index contributed by atoms with van der Waals surface area (Å²) in [7, 11) is 3.56. The molecular weight excluding hydrogens is 340 g/mol. The Morgan fingerprint density at radius 3 is 2.80 bits per heavy atom. The number of fused-ring (bicyclic) bond motifs is 1. The van der Waals surface area contributed by atoms with Crippen LogP contribution < -0.4 is 0 Å². The summed E-state index contributed by atoms with van der Waals surface area (Å²) in [5.41, 5.74) is 2.40. The maximum Gasteiger partial charge on any atom is 0.276 e. The Morgan fingerprint density at radius 2 is 2.20 bits per heavy atom. The van der Waals surface area contributed by atoms with E-state index in [0.29, 0.717) is 23.2 Å². The molecule has 7 heteroatoms. The fourth-order valence-electron chi connectivity index (χ4n) is 3.40. The van der Waals surface area contributed by atoms with Crippen molar-refractivity contribution in [2.24, 2.45) is 18.4 Å². The minimum absolute atomic E-state index is 0.142. The van der Waals surface area contributed by atoms with Gasteiger partial charge in [0.2, 0.25) is 0 Å². The average molecular weight is 365 g/mol. The number of hydrogen-bond donors (Lipinski definition) is 0. The molecule has 1 amide bonds. The summed E-state index contributed by atoms with van der Waals surface area (Å²) >= 11 is 6.15. The molecule has 25 heavy (non-hydrogen) atoms. The van der Waals surface area contributed by atoms with E-state index in [2.05, 4.69) is 31.0 Å². The highest BCUT2D eigenvalue weighted by atomic mass is 35.5. The van der Waals surface area contributed by atoms with Crippen molar-refractivity contribution in [3.05, 3.63) is 33.9 Å². The van der Waals surface area contributed by atoms with Crippen molar-refractivity contribution in [1.29, 1.82) is 0 Å². The summed E-state index contributed by atoms with van der Waals surface area (Å²) in [4.78, 5) is 14.5. The zero-order chi connectivity index (χ0) is 18.4. The van der Waals surface area contributed by atoms with Crippen LogP contribution in [0.3, 0.4) is 0 Å². The molecule has 1 aliphatic rings. The summed E-state index contributed by atoms with van der Waals surface area (Å²) in [6.07, 6.45) is 4.33. The molecule has 0 radical (unpaired) electrons. The lowest BCUT2D eigenvalue weighted by Crippen LogP contribution is -2.31. The molecule has 0 fully saturated rings. The lowest BCUT2D eigenvalue weighted by molar-refractivity contribution is 0.0770. The molecule has 2 aromatic rings. The molecule has 0 saturated heterocycles. The Kier molecular flexibility index (Phi) is 4.66. The molecule has 2 heterocycles. The average Bonchev–Trinajstić information content (AvgIpc) is 3.11. The largest absolute Gasteiger partial charge is 0.360 e. The molecule has 1 atom stereocenters. The number of rotatable bonds is 3. The van der Waals surface area contributed by atoms with E-state index in [4.69, 9.17) is 16.1 Å². The Bertz CT molecular complexity index is 768. The van der Waals surface area contributed by atoms with Gasteiger partial charge in [0.15, 0.2) is 5.69 Å². The number of aryl methyl sites for hydroxylation is 2. The zero-order valence-corrected chi connectivity index (χ0v) is 16.2. The third-order valence-electron chi connectivity index (χ3n) is 5.21. The van der Waals surface area contributed by atoms with Crippen LogP contribution in [0.4, 0.5) is 0 Å². The third-order valence-corrected chi connectivity index (χ3v) is 5.53. The highest BCUT2D eigenvalue weighted by Crippen LogP contribution is 2.38. The van der Waals surface area contributed by atoms with Gasteiger partial charge in [-0.1, -0.05) is 37.5 Å². The van der Waals surface area contributed by atoms with E-state index < -0.39 is 0 Å². The number of amides is 1. The molecular formula is C18H25ClN4O2. The lowest BCUT2D eigenvalue weighted by atomic mass is 9.71. The Hall–Kier alpha value is -1.82. The molecule has 0 bridgehead atoms. The SMILES string of the molecule is CN(Cc1c(Cl)cnn1C)C(=O)c1noc2c1C[C@H](C(C)(C)C)CC2. The fraction of sp³-hybridized carbons (Fsp3) is 0.611. The predicted molar refractivity (Wildman–Crippen MR) is 95.5 cm³/mol. The minimum atomic E-state index is -0.142. The van der Waals surface area contributed by atoms with Gasteiger partial charge in [-0.25, -0.2) is 0 Å². The van der Waals surface area contributed by atoms with Crippen molar-refractivity contribution < 1.29 is 9.32 Å². The van der Waals surface area contributed by atoms with Crippen LogP contribution in [0.25, 0.3) is 0 Å². The van der Waals surface area contributed by atoms with Gasteiger partial charge in [-0.05, 0) is 24.2 Å². The van der Waals surface area contributed by atoms with Crippen LogP contribution >= 0.6 is 11.6 Å². The van der Waals surface area contributed by atoms with Gasteiger partial charge in [-0.15, -0.1) is 0 Å². The quantitative estimate of drug-likeness (QED) is 0.836. The van der Waals surface area contributed by atoms with Crippen LogP contribution in [0, 0.1) is 11.3 Å². The Labute approximate surface area is 153 Å². The van der Waals surface area contributed by atoms with Crippen LogP contribution in [0.5, 0.6) is 0 Å². The number of nitrogens with zero attached hydrogens (tertiary/aromatic N) is 4. The molecule has 136 valence electrons. The molecule has 3 rings (SSSR count). The second-order valence-electron chi connectivity index (χ2n) is 7.96. The number of hydrogen-bond acceptors (Lipinski definition) is 4. The molecule has 0 N–H and O–H groups in total. The molecule has 0 aromatic carbocycles. The Morgan fingerprint density at radius 1 is 1.48 bits per heavy atom. The van der Waals surface area contributed by atoms with Crippen molar-refractivity contribution in [3.63, 3.8) is 0 Å². The van der Waals surface area contributed by atoms with Gasteiger partial charge in [-0.2, -0.15) is 5.10 Å². The van der Waals surface area contributed by atoms with E-state index >= 15 is 0 Å². The lowest BCUT2D eigenvalue weighted by Gasteiger charge is -2.33. The first-order valence-corrected chi connectivity index (χ1v) is 8.95. The van der Waals surface area contributed by atoms with Gasteiger partial charge in [-0.3, -0.25) is 9.48 Å². The first-order valence-electron chi connectivity index (χ1n) is 8.57. The maximum absolute atomic E-state index is 12.9.